The molecule has 160 valence electrons. The Labute approximate surface area is 185 Å². The number of hydrazone groups is 1. The Morgan fingerprint density at radius 1 is 1.13 bits per heavy atom. The molecule has 1 N–H and O–H groups in total. The third kappa shape index (κ3) is 4.62. The molecule has 0 spiro atoms. The van der Waals surface area contributed by atoms with Gasteiger partial charge in [-0.3, -0.25) is 9.52 Å². The van der Waals surface area contributed by atoms with Crippen LogP contribution >= 0.6 is 11.3 Å². The van der Waals surface area contributed by atoms with E-state index in [0.717, 1.165) is 23.1 Å². The molecule has 9 heteroatoms. The van der Waals surface area contributed by atoms with E-state index >= 15 is 0 Å². The minimum absolute atomic E-state index is 0.170. The van der Waals surface area contributed by atoms with E-state index in [9.17, 15) is 13.2 Å². The van der Waals surface area contributed by atoms with Crippen LogP contribution in [0.5, 0.6) is 5.75 Å². The molecule has 0 radical (unpaired) electrons. The number of hydrogen-bond donors (Lipinski definition) is 1. The average molecular weight is 456 g/mol. The number of carbonyl (C=O) groups is 1. The first-order valence-corrected chi connectivity index (χ1v) is 12.3. The average Bonchev–Trinajstić information content (AvgIpc) is 3.43. The van der Waals surface area contributed by atoms with Crippen molar-refractivity contribution >= 4 is 38.7 Å². The third-order valence-corrected chi connectivity index (χ3v) is 6.33. The molecule has 0 fully saturated rings. The predicted octanol–water partition coefficient (Wildman–Crippen LogP) is 4.12. The Kier molecular flexibility index (Phi) is 5.79. The third-order valence-electron chi connectivity index (χ3n) is 4.87. The van der Waals surface area contributed by atoms with Crippen molar-refractivity contribution in [3.05, 3.63) is 82.0 Å². The van der Waals surface area contributed by atoms with Crippen LogP contribution in [0.3, 0.4) is 0 Å². The molecule has 1 aromatic heterocycles. The Hall–Kier alpha value is -3.17. The van der Waals surface area contributed by atoms with Crippen molar-refractivity contribution in [2.75, 3.05) is 18.1 Å². The minimum atomic E-state index is -3.35. The second kappa shape index (κ2) is 8.52. The summed E-state index contributed by atoms with van der Waals surface area (Å²) in [6.45, 7) is 0. The lowest BCUT2D eigenvalue weighted by atomic mass is 9.97. The molecule has 7 nitrogen and oxygen atoms in total. The molecular weight excluding hydrogens is 434 g/mol. The van der Waals surface area contributed by atoms with Gasteiger partial charge in [0.15, 0.2) is 0 Å². The van der Waals surface area contributed by atoms with Gasteiger partial charge in [-0.25, -0.2) is 13.4 Å². The molecule has 2 heterocycles. The largest absolute Gasteiger partial charge is 0.496 e. The fraction of sp³-hybridized carbons (Fsp3) is 0.182. The molecule has 0 unspecified atom stereocenters. The molecule has 31 heavy (non-hydrogen) atoms. The van der Waals surface area contributed by atoms with Gasteiger partial charge in [0.1, 0.15) is 5.75 Å². The zero-order valence-corrected chi connectivity index (χ0v) is 18.6. The highest BCUT2D eigenvalue weighted by Gasteiger charge is 2.35. The predicted molar refractivity (Wildman–Crippen MR) is 122 cm³/mol. The second-order valence-corrected chi connectivity index (χ2v) is 9.78. The summed E-state index contributed by atoms with van der Waals surface area (Å²) in [5, 5.41) is 8.04. The number of thiophene rings is 1. The molecule has 1 amide bonds. The molecule has 0 aliphatic carbocycles. The van der Waals surface area contributed by atoms with Gasteiger partial charge < -0.3 is 4.74 Å². The van der Waals surface area contributed by atoms with Gasteiger partial charge in [-0.15, -0.1) is 11.3 Å². The number of rotatable bonds is 6. The van der Waals surface area contributed by atoms with Gasteiger partial charge in [-0.05, 0) is 35.2 Å². The van der Waals surface area contributed by atoms with Crippen molar-refractivity contribution in [2.45, 2.75) is 12.5 Å². The van der Waals surface area contributed by atoms with Crippen LogP contribution in [0.15, 0.2) is 71.1 Å². The lowest BCUT2D eigenvalue weighted by Crippen LogP contribution is -2.26. The van der Waals surface area contributed by atoms with Gasteiger partial charge in [0, 0.05) is 17.7 Å². The fourth-order valence-corrected chi connectivity index (χ4v) is 4.73. The number of sulfonamides is 1. The SMILES string of the molecule is COc1ccccc1[C@H]1CC(c2ccc(NS(C)(=O)=O)cc2)=NN1C(=O)c1cccs1. The fourth-order valence-electron chi connectivity index (χ4n) is 3.51. The van der Waals surface area contributed by atoms with Crippen LogP contribution in [0.1, 0.15) is 33.3 Å². The molecule has 1 atom stereocenters. The smallest absolute Gasteiger partial charge is 0.284 e. The van der Waals surface area contributed by atoms with E-state index in [1.54, 1.807) is 37.4 Å². The molecule has 0 bridgehead atoms. The lowest BCUT2D eigenvalue weighted by Gasteiger charge is -2.23. The standard InChI is InChI=1S/C22H21N3O4S2/c1-29-20-7-4-3-6-17(20)19-14-18(23-25(19)22(26)21-8-5-13-30-21)15-9-11-16(12-10-15)24-31(2,27)28/h3-13,19,24H,14H2,1-2H3/t19-/m1/s1. The van der Waals surface area contributed by atoms with Crippen LogP contribution in [-0.2, 0) is 10.0 Å². The van der Waals surface area contributed by atoms with E-state index < -0.39 is 10.0 Å². The van der Waals surface area contributed by atoms with Crippen LogP contribution < -0.4 is 9.46 Å². The van der Waals surface area contributed by atoms with Crippen LogP contribution in [0.4, 0.5) is 5.69 Å². The number of anilines is 1. The Balaban J connectivity index is 1.69. The van der Waals surface area contributed by atoms with Crippen molar-refractivity contribution < 1.29 is 17.9 Å². The first-order valence-electron chi connectivity index (χ1n) is 9.51. The second-order valence-electron chi connectivity index (χ2n) is 7.09. The van der Waals surface area contributed by atoms with Crippen LogP contribution in [0.25, 0.3) is 0 Å². The number of amides is 1. The topological polar surface area (TPSA) is 88.1 Å². The van der Waals surface area contributed by atoms with Gasteiger partial charge in [0.05, 0.1) is 30.0 Å². The molecule has 0 saturated carbocycles. The van der Waals surface area contributed by atoms with Crippen LogP contribution in [0.2, 0.25) is 0 Å². The van der Waals surface area contributed by atoms with Crippen molar-refractivity contribution in [3.63, 3.8) is 0 Å². The molecule has 4 rings (SSSR count). The summed E-state index contributed by atoms with van der Waals surface area (Å²) < 4.78 is 30.9. The molecule has 3 aromatic rings. The molecule has 0 saturated heterocycles. The van der Waals surface area contributed by atoms with Gasteiger partial charge in [0.2, 0.25) is 10.0 Å². The Morgan fingerprint density at radius 2 is 1.87 bits per heavy atom. The maximum Gasteiger partial charge on any atom is 0.284 e. The zero-order chi connectivity index (χ0) is 22.0. The summed E-state index contributed by atoms with van der Waals surface area (Å²) in [6.07, 6.45) is 1.62. The summed E-state index contributed by atoms with van der Waals surface area (Å²) >= 11 is 1.37. The van der Waals surface area contributed by atoms with E-state index in [0.29, 0.717) is 22.7 Å². The van der Waals surface area contributed by atoms with E-state index in [1.807, 2.05) is 35.7 Å². The molecule has 2 aromatic carbocycles. The van der Waals surface area contributed by atoms with Gasteiger partial charge in [-0.1, -0.05) is 36.4 Å². The number of benzene rings is 2. The highest BCUT2D eigenvalue weighted by Crippen LogP contribution is 2.38. The summed E-state index contributed by atoms with van der Waals surface area (Å²) in [4.78, 5) is 13.8. The van der Waals surface area contributed by atoms with Crippen LogP contribution in [-0.4, -0.2) is 38.4 Å². The van der Waals surface area contributed by atoms with E-state index in [1.165, 1.54) is 16.3 Å². The van der Waals surface area contributed by atoms with Crippen LogP contribution in [0, 0.1) is 0 Å². The quantitative estimate of drug-likeness (QED) is 0.606. The van der Waals surface area contributed by atoms with E-state index in [-0.39, 0.29) is 11.9 Å². The summed E-state index contributed by atoms with van der Waals surface area (Å²) in [5.74, 6) is 0.525. The van der Waals surface area contributed by atoms with Gasteiger partial charge >= 0.3 is 0 Å². The normalized spacial score (nSPS) is 16.1. The Bertz CT molecular complexity index is 1220. The summed E-state index contributed by atoms with van der Waals surface area (Å²) in [5.41, 5.74) is 2.91. The van der Waals surface area contributed by atoms with Gasteiger partial charge in [0.25, 0.3) is 5.91 Å². The maximum atomic E-state index is 13.2. The molecule has 1 aliphatic heterocycles. The first kappa shape index (κ1) is 21.1. The van der Waals surface area contributed by atoms with E-state index in [4.69, 9.17) is 4.74 Å². The minimum Gasteiger partial charge on any atom is -0.496 e. The first-order chi connectivity index (χ1) is 14.9. The number of methoxy groups -OCH3 is 1. The maximum absolute atomic E-state index is 13.2. The summed E-state index contributed by atoms with van der Waals surface area (Å²) in [7, 11) is -1.75. The highest BCUT2D eigenvalue weighted by molar-refractivity contribution is 7.92. The number of para-hydroxylation sites is 1. The Morgan fingerprint density at radius 3 is 2.52 bits per heavy atom. The lowest BCUT2D eigenvalue weighted by molar-refractivity contribution is 0.0714. The number of nitrogens with zero attached hydrogens (tertiary/aromatic N) is 2. The van der Waals surface area contributed by atoms with Crippen molar-refractivity contribution in [1.82, 2.24) is 5.01 Å². The summed E-state index contributed by atoms with van der Waals surface area (Å²) in [6, 6.07) is 17.9. The number of hydrogen-bond acceptors (Lipinski definition) is 6. The van der Waals surface area contributed by atoms with Crippen molar-refractivity contribution in [3.8, 4) is 5.75 Å². The van der Waals surface area contributed by atoms with Crippen molar-refractivity contribution in [1.29, 1.82) is 0 Å². The molecular formula is C22H21N3O4S2. The number of ether oxygens (including phenoxy) is 1. The highest BCUT2D eigenvalue weighted by atomic mass is 32.2. The van der Waals surface area contributed by atoms with E-state index in [2.05, 4.69) is 9.82 Å². The monoisotopic (exact) mass is 455 g/mol. The number of nitrogens with one attached hydrogen (secondary N) is 1. The molecule has 1 aliphatic rings. The zero-order valence-electron chi connectivity index (χ0n) is 17.0. The van der Waals surface area contributed by atoms with Gasteiger partial charge in [-0.2, -0.15) is 5.10 Å². The number of carbonyl (C=O) groups excluding carboxylic acids is 1. The van der Waals surface area contributed by atoms with Crippen molar-refractivity contribution in [2.24, 2.45) is 5.10 Å².